The number of imidazole rings is 1. The predicted octanol–water partition coefficient (Wildman–Crippen LogP) is 1.81. The van der Waals surface area contributed by atoms with Crippen LogP contribution in [0.3, 0.4) is 0 Å². The third kappa shape index (κ3) is 3.59. The van der Waals surface area contributed by atoms with Crippen molar-refractivity contribution in [3.8, 4) is 0 Å². The molecular formula is C24H29N7O2. The Morgan fingerprint density at radius 1 is 1.12 bits per heavy atom. The van der Waals surface area contributed by atoms with E-state index in [1.807, 2.05) is 13.1 Å². The number of piperidine rings is 1. The summed E-state index contributed by atoms with van der Waals surface area (Å²) in [7, 11) is 1.83. The minimum absolute atomic E-state index is 0.163. The zero-order chi connectivity index (χ0) is 22.5. The van der Waals surface area contributed by atoms with Gasteiger partial charge in [0.25, 0.3) is 5.91 Å². The minimum Gasteiger partial charge on any atom is -0.355 e. The molecule has 2 aromatic rings. The highest BCUT2D eigenvalue weighted by Crippen LogP contribution is 2.35. The predicted molar refractivity (Wildman–Crippen MR) is 124 cm³/mol. The monoisotopic (exact) mass is 447 g/mol. The van der Waals surface area contributed by atoms with E-state index in [0.717, 1.165) is 31.7 Å². The van der Waals surface area contributed by atoms with Gasteiger partial charge < -0.3 is 19.7 Å². The fourth-order valence-corrected chi connectivity index (χ4v) is 5.47. The molecule has 2 aliphatic heterocycles. The molecular weight excluding hydrogens is 418 g/mol. The highest BCUT2D eigenvalue weighted by Gasteiger charge is 2.42. The molecule has 1 saturated carbocycles. The first kappa shape index (κ1) is 20.4. The smallest absolute Gasteiger partial charge is 0.287 e. The van der Waals surface area contributed by atoms with Crippen LogP contribution in [0.4, 0.5) is 5.82 Å². The van der Waals surface area contributed by atoms with Crippen LogP contribution in [0.1, 0.15) is 42.7 Å². The maximum absolute atomic E-state index is 12.7. The number of carbonyl (C=O) groups is 2. The number of nitrogens with one attached hydrogen (secondary N) is 1. The zero-order valence-corrected chi connectivity index (χ0v) is 18.9. The molecule has 9 heteroatoms. The first-order chi connectivity index (χ1) is 16.1. The molecule has 0 spiro atoms. The van der Waals surface area contributed by atoms with Crippen LogP contribution in [-0.4, -0.2) is 68.0 Å². The fourth-order valence-electron chi connectivity index (χ4n) is 5.47. The van der Waals surface area contributed by atoms with Crippen LogP contribution < -0.4 is 10.2 Å². The van der Waals surface area contributed by atoms with E-state index in [1.165, 1.54) is 12.8 Å². The summed E-state index contributed by atoms with van der Waals surface area (Å²) < 4.78 is 1.75. The molecule has 2 aromatic heterocycles. The number of hydrogen-bond donors (Lipinski definition) is 1. The summed E-state index contributed by atoms with van der Waals surface area (Å²) in [5.74, 6) is 2.15. The Morgan fingerprint density at radius 2 is 1.91 bits per heavy atom. The van der Waals surface area contributed by atoms with Gasteiger partial charge >= 0.3 is 0 Å². The van der Waals surface area contributed by atoms with E-state index in [-0.39, 0.29) is 23.9 Å². The Hall–Kier alpha value is -3.23. The molecule has 2 amide bonds. The first-order valence-corrected chi connectivity index (χ1v) is 12.0. The van der Waals surface area contributed by atoms with Gasteiger partial charge in [0.2, 0.25) is 11.7 Å². The third-order valence-corrected chi connectivity index (χ3v) is 7.48. The average molecular weight is 448 g/mol. The van der Waals surface area contributed by atoms with Crippen LogP contribution in [0.5, 0.6) is 0 Å². The molecule has 2 aliphatic carbocycles. The average Bonchev–Trinajstić information content (AvgIpc) is 3.52. The van der Waals surface area contributed by atoms with Crippen molar-refractivity contribution in [2.75, 3.05) is 24.5 Å². The summed E-state index contributed by atoms with van der Waals surface area (Å²) in [5.41, 5.74) is 1.32. The minimum atomic E-state index is -0.163. The lowest BCUT2D eigenvalue weighted by atomic mass is 9.94. The van der Waals surface area contributed by atoms with E-state index in [2.05, 4.69) is 48.3 Å². The normalized spacial score (nSPS) is 25.2. The van der Waals surface area contributed by atoms with Crippen molar-refractivity contribution in [3.05, 3.63) is 36.5 Å². The van der Waals surface area contributed by atoms with Gasteiger partial charge in [-0.05, 0) is 31.6 Å². The topological polar surface area (TPSA) is 96.2 Å². The zero-order valence-electron chi connectivity index (χ0n) is 18.9. The fraction of sp³-hybridized carbons (Fsp3) is 0.542. The number of anilines is 1. The summed E-state index contributed by atoms with van der Waals surface area (Å²) in [6.45, 7) is 2.28. The van der Waals surface area contributed by atoms with Gasteiger partial charge in [0, 0.05) is 45.1 Å². The molecule has 4 heterocycles. The second-order valence-electron chi connectivity index (χ2n) is 9.66. The summed E-state index contributed by atoms with van der Waals surface area (Å²) in [6.07, 6.45) is 14.7. The van der Waals surface area contributed by atoms with Crippen molar-refractivity contribution in [2.24, 2.45) is 18.9 Å². The van der Waals surface area contributed by atoms with Crippen LogP contribution in [0.25, 0.3) is 11.2 Å². The maximum atomic E-state index is 12.7. The molecule has 3 fully saturated rings. The molecule has 33 heavy (non-hydrogen) atoms. The van der Waals surface area contributed by atoms with E-state index in [4.69, 9.17) is 0 Å². The Labute approximate surface area is 192 Å². The molecule has 0 bridgehead atoms. The maximum Gasteiger partial charge on any atom is 0.287 e. The number of nitrogens with zero attached hydrogens (tertiary/aromatic N) is 6. The number of amides is 2. The number of aromatic nitrogens is 4. The van der Waals surface area contributed by atoms with Gasteiger partial charge in [-0.2, -0.15) is 0 Å². The Kier molecular flexibility index (Phi) is 4.92. The molecule has 4 aliphatic rings. The standard InChI is InChI=1S/C24H29N7O2/c1-29-21-20(28-23(29)24(33)25-13-15-6-7-15)22(27-14-26-21)30-10-8-17(9-11-30)31-18-5-3-2-4-16(18)12-19(31)32/h2-5,14-18H,6-13H2,1H3,(H,25,33). The second kappa shape index (κ2) is 7.97. The van der Waals surface area contributed by atoms with Crippen molar-refractivity contribution in [1.82, 2.24) is 29.7 Å². The third-order valence-electron chi connectivity index (χ3n) is 7.48. The van der Waals surface area contributed by atoms with Gasteiger partial charge in [-0.1, -0.05) is 24.3 Å². The molecule has 2 atom stereocenters. The molecule has 0 radical (unpaired) electrons. The van der Waals surface area contributed by atoms with Crippen LogP contribution in [-0.2, 0) is 11.8 Å². The number of allylic oxidation sites excluding steroid dienone is 2. The highest BCUT2D eigenvalue weighted by atomic mass is 16.2. The van der Waals surface area contributed by atoms with Crippen LogP contribution in [0.15, 0.2) is 30.6 Å². The number of likely N-dealkylation sites (tertiary alicyclic amines) is 1. The number of rotatable bonds is 5. The Morgan fingerprint density at radius 3 is 2.70 bits per heavy atom. The SMILES string of the molecule is Cn1c(C(=O)NCC2CC2)nc2c(N3CCC(N4C(=O)CC5C=CC=CC54)CC3)ncnc21. The van der Waals surface area contributed by atoms with Gasteiger partial charge in [-0.15, -0.1) is 0 Å². The van der Waals surface area contributed by atoms with Crippen LogP contribution in [0, 0.1) is 11.8 Å². The van der Waals surface area contributed by atoms with Gasteiger partial charge in [0.15, 0.2) is 17.0 Å². The van der Waals surface area contributed by atoms with Crippen molar-refractivity contribution in [1.29, 1.82) is 0 Å². The van der Waals surface area contributed by atoms with Crippen LogP contribution in [0.2, 0.25) is 0 Å². The van der Waals surface area contributed by atoms with E-state index in [0.29, 0.717) is 41.8 Å². The largest absolute Gasteiger partial charge is 0.355 e. The number of fused-ring (bicyclic) bond motifs is 2. The number of hydrogen-bond acceptors (Lipinski definition) is 6. The molecule has 0 aromatic carbocycles. The molecule has 2 saturated heterocycles. The van der Waals surface area contributed by atoms with E-state index < -0.39 is 0 Å². The quantitative estimate of drug-likeness (QED) is 0.751. The van der Waals surface area contributed by atoms with E-state index in [9.17, 15) is 9.59 Å². The van der Waals surface area contributed by atoms with Gasteiger partial charge in [-0.25, -0.2) is 15.0 Å². The molecule has 172 valence electrons. The molecule has 1 N–H and O–H groups in total. The van der Waals surface area contributed by atoms with Crippen molar-refractivity contribution in [3.63, 3.8) is 0 Å². The van der Waals surface area contributed by atoms with Crippen molar-refractivity contribution >= 4 is 28.8 Å². The summed E-state index contributed by atoms with van der Waals surface area (Å²) in [4.78, 5) is 43.3. The summed E-state index contributed by atoms with van der Waals surface area (Å²) in [5, 5.41) is 2.99. The second-order valence-corrected chi connectivity index (χ2v) is 9.66. The van der Waals surface area contributed by atoms with Crippen LogP contribution >= 0.6 is 0 Å². The summed E-state index contributed by atoms with van der Waals surface area (Å²) >= 11 is 0. The first-order valence-electron chi connectivity index (χ1n) is 12.0. The number of aryl methyl sites for hydroxylation is 1. The number of carbonyl (C=O) groups excluding carboxylic acids is 2. The van der Waals surface area contributed by atoms with E-state index in [1.54, 1.807) is 10.9 Å². The Bertz CT molecular complexity index is 1160. The van der Waals surface area contributed by atoms with Gasteiger partial charge in [0.1, 0.15) is 6.33 Å². The van der Waals surface area contributed by atoms with Crippen molar-refractivity contribution < 1.29 is 9.59 Å². The lowest BCUT2D eigenvalue weighted by Gasteiger charge is -2.40. The van der Waals surface area contributed by atoms with Gasteiger partial charge in [-0.3, -0.25) is 9.59 Å². The highest BCUT2D eigenvalue weighted by molar-refractivity contribution is 5.96. The molecule has 9 nitrogen and oxygen atoms in total. The molecule has 6 rings (SSSR count). The lowest BCUT2D eigenvalue weighted by Crippen LogP contribution is -2.49. The lowest BCUT2D eigenvalue weighted by molar-refractivity contribution is -0.131. The Balaban J connectivity index is 1.19. The molecule has 2 unspecified atom stereocenters. The van der Waals surface area contributed by atoms with E-state index >= 15 is 0 Å². The van der Waals surface area contributed by atoms with Gasteiger partial charge in [0.05, 0.1) is 6.04 Å². The van der Waals surface area contributed by atoms with Crippen molar-refractivity contribution in [2.45, 2.75) is 44.2 Å². The summed E-state index contributed by atoms with van der Waals surface area (Å²) in [6, 6.07) is 0.432.